The first kappa shape index (κ1) is 78.8. The van der Waals surface area contributed by atoms with Crippen LogP contribution in [0.25, 0.3) is 0 Å². The lowest BCUT2D eigenvalue weighted by molar-refractivity contribution is -0.167. The van der Waals surface area contributed by atoms with Crippen molar-refractivity contribution < 1.29 is 28.6 Å². The van der Waals surface area contributed by atoms with Gasteiger partial charge < -0.3 is 14.2 Å². The van der Waals surface area contributed by atoms with E-state index in [4.69, 9.17) is 14.2 Å². The highest BCUT2D eigenvalue weighted by Crippen LogP contribution is 2.17. The minimum Gasteiger partial charge on any atom is -0.462 e. The van der Waals surface area contributed by atoms with Gasteiger partial charge in [0, 0.05) is 19.3 Å². The van der Waals surface area contributed by atoms with E-state index in [-0.39, 0.29) is 31.1 Å². The number of hydrogen-bond acceptors (Lipinski definition) is 6. The number of carbonyl (C=O) groups excluding carboxylic acids is 3. The average molecular weight is 1150 g/mol. The predicted molar refractivity (Wildman–Crippen MR) is 362 cm³/mol. The number of hydrogen-bond donors (Lipinski definition) is 0. The molecule has 83 heavy (non-hydrogen) atoms. The lowest BCUT2D eigenvalue weighted by Gasteiger charge is -2.18. The van der Waals surface area contributed by atoms with Gasteiger partial charge in [0.05, 0.1) is 0 Å². The van der Waals surface area contributed by atoms with Crippen LogP contribution < -0.4 is 0 Å². The third kappa shape index (κ3) is 68.5. The van der Waals surface area contributed by atoms with Crippen molar-refractivity contribution >= 4 is 17.9 Å². The highest BCUT2D eigenvalue weighted by molar-refractivity contribution is 5.71. The van der Waals surface area contributed by atoms with E-state index in [0.29, 0.717) is 19.3 Å². The fraction of sp³-hybridized carbons (Fsp3) is 0.701. The molecule has 0 radical (unpaired) electrons. The van der Waals surface area contributed by atoms with Crippen LogP contribution in [0.2, 0.25) is 0 Å². The molecule has 0 heterocycles. The highest BCUT2D eigenvalue weighted by Gasteiger charge is 2.19. The normalized spacial score (nSPS) is 12.9. The van der Waals surface area contributed by atoms with Crippen LogP contribution in [0, 0.1) is 0 Å². The smallest absolute Gasteiger partial charge is 0.306 e. The Morgan fingerprint density at radius 1 is 0.253 bits per heavy atom. The third-order valence-corrected chi connectivity index (χ3v) is 14.9. The molecule has 0 fully saturated rings. The Morgan fingerprint density at radius 2 is 0.470 bits per heavy atom. The maximum absolute atomic E-state index is 13.0. The van der Waals surface area contributed by atoms with Crippen LogP contribution in [-0.4, -0.2) is 37.2 Å². The van der Waals surface area contributed by atoms with Gasteiger partial charge in [-0.15, -0.1) is 0 Å². The second-order valence-electron chi connectivity index (χ2n) is 23.0. The topological polar surface area (TPSA) is 78.9 Å². The summed E-state index contributed by atoms with van der Waals surface area (Å²) in [5.74, 6) is -0.906. The van der Waals surface area contributed by atoms with Crippen LogP contribution in [0.4, 0.5) is 0 Å². The van der Waals surface area contributed by atoms with Crippen molar-refractivity contribution in [2.24, 2.45) is 0 Å². The predicted octanol–water partition coefficient (Wildman–Crippen LogP) is 24.3. The molecule has 0 aliphatic carbocycles. The van der Waals surface area contributed by atoms with E-state index in [0.717, 1.165) is 128 Å². The number of ether oxygens (including phenoxy) is 3. The van der Waals surface area contributed by atoms with Crippen LogP contribution in [0.3, 0.4) is 0 Å². The van der Waals surface area contributed by atoms with E-state index in [9.17, 15) is 14.4 Å². The number of esters is 3. The lowest BCUT2D eigenvalue weighted by atomic mass is 10.0. The summed E-state index contributed by atoms with van der Waals surface area (Å²) in [4.78, 5) is 38.5. The second kappa shape index (κ2) is 70.3. The van der Waals surface area contributed by atoms with Crippen LogP contribution in [0.5, 0.6) is 0 Å². The largest absolute Gasteiger partial charge is 0.462 e. The molecular weight excluding hydrogens is 1020 g/mol. The third-order valence-electron chi connectivity index (χ3n) is 14.9. The van der Waals surface area contributed by atoms with Crippen LogP contribution in [-0.2, 0) is 28.6 Å². The lowest BCUT2D eigenvalue weighted by Crippen LogP contribution is -2.30. The summed E-state index contributed by atoms with van der Waals surface area (Å²) in [6, 6.07) is 0. The summed E-state index contributed by atoms with van der Waals surface area (Å²) in [5.41, 5.74) is 0. The summed E-state index contributed by atoms with van der Waals surface area (Å²) >= 11 is 0. The van der Waals surface area contributed by atoms with Gasteiger partial charge in [0.2, 0.25) is 0 Å². The highest BCUT2D eigenvalue weighted by atomic mass is 16.6. The molecular formula is C77H130O6. The Kier molecular flexibility index (Phi) is 66.7. The first-order chi connectivity index (χ1) is 41.0. The zero-order valence-electron chi connectivity index (χ0n) is 54.4. The Hall–Kier alpha value is -4.19. The second-order valence-corrected chi connectivity index (χ2v) is 23.0. The minimum atomic E-state index is -0.795. The van der Waals surface area contributed by atoms with Crippen molar-refractivity contribution in [1.29, 1.82) is 0 Å². The number of rotatable bonds is 63. The van der Waals surface area contributed by atoms with E-state index < -0.39 is 6.10 Å². The number of allylic oxidation sites excluding steroid dienone is 20. The zero-order valence-corrected chi connectivity index (χ0v) is 54.4. The molecule has 6 heteroatoms. The standard InChI is InChI=1S/C77H130O6/c1-4-7-10-13-16-19-22-25-28-31-33-35-37-38-40-41-43-46-49-52-55-58-61-64-67-70-76(79)82-73-74(72-81-75(78)69-66-63-60-57-54-51-48-45-30-27-24-21-18-15-12-9-6-3)83-77(80)71-68-65-62-59-56-53-50-47-44-42-39-36-34-32-29-26-23-20-17-14-11-8-5-2/h7,9-10,12,16,18-19,21,23,25-28,30,32-35,48,51,74H,4-6,8,11,13-15,17,20,22,24,29,31,36-47,49-50,52-73H2,1-3H3/b10-7-,12-9-,19-16-,21-18-,26-23-,28-25-,30-27-,34-32-,35-33-,51-48-. The Balaban J connectivity index is 4.38. The molecule has 0 amide bonds. The van der Waals surface area contributed by atoms with E-state index in [1.807, 2.05) is 0 Å². The Morgan fingerprint density at radius 3 is 0.735 bits per heavy atom. The maximum Gasteiger partial charge on any atom is 0.306 e. The molecule has 0 saturated carbocycles. The molecule has 0 N–H and O–H groups in total. The van der Waals surface area contributed by atoms with Gasteiger partial charge in [0.1, 0.15) is 13.2 Å². The Bertz CT molecular complexity index is 1700. The van der Waals surface area contributed by atoms with Crippen LogP contribution >= 0.6 is 0 Å². The summed E-state index contributed by atoms with van der Waals surface area (Å²) in [7, 11) is 0. The van der Waals surface area contributed by atoms with Gasteiger partial charge in [-0.3, -0.25) is 14.4 Å². The van der Waals surface area contributed by atoms with Gasteiger partial charge >= 0.3 is 17.9 Å². The average Bonchev–Trinajstić information content (AvgIpc) is 3.49. The van der Waals surface area contributed by atoms with Gasteiger partial charge in [-0.1, -0.05) is 303 Å². The van der Waals surface area contributed by atoms with Gasteiger partial charge in [-0.05, 0) is 128 Å². The molecule has 0 saturated heterocycles. The molecule has 0 aromatic heterocycles. The van der Waals surface area contributed by atoms with Crippen molar-refractivity contribution in [2.45, 2.75) is 335 Å². The molecule has 6 nitrogen and oxygen atoms in total. The monoisotopic (exact) mass is 1150 g/mol. The van der Waals surface area contributed by atoms with Gasteiger partial charge in [-0.2, -0.15) is 0 Å². The van der Waals surface area contributed by atoms with E-state index in [1.165, 1.54) is 161 Å². The molecule has 0 rings (SSSR count). The van der Waals surface area contributed by atoms with Crippen LogP contribution in [0.15, 0.2) is 122 Å². The van der Waals surface area contributed by atoms with Crippen molar-refractivity contribution in [3.63, 3.8) is 0 Å². The van der Waals surface area contributed by atoms with Crippen molar-refractivity contribution in [1.82, 2.24) is 0 Å². The molecule has 0 aliphatic rings. The fourth-order valence-corrected chi connectivity index (χ4v) is 9.75. The first-order valence-corrected chi connectivity index (χ1v) is 35.0. The van der Waals surface area contributed by atoms with Crippen molar-refractivity contribution in [3.8, 4) is 0 Å². The molecule has 0 aliphatic heterocycles. The van der Waals surface area contributed by atoms with Gasteiger partial charge in [0.15, 0.2) is 6.10 Å². The van der Waals surface area contributed by atoms with Crippen molar-refractivity contribution in [3.05, 3.63) is 122 Å². The van der Waals surface area contributed by atoms with E-state index >= 15 is 0 Å². The molecule has 1 atom stereocenters. The SMILES string of the molecule is CC/C=C\C/C=C\C/C=C\C/C=C\CCCCCCCCCCCCCCC(=O)OCC(COC(=O)CCCCCC/C=C\C/C=C\C/C=C\C/C=C\CC)OC(=O)CCCCCCCCCCCCC/C=C\C/C=C\CCCCCCC. The Labute approximate surface area is 513 Å². The molecule has 0 aromatic carbocycles. The van der Waals surface area contributed by atoms with Gasteiger partial charge in [-0.25, -0.2) is 0 Å². The molecule has 0 aromatic rings. The number of carbonyl (C=O) groups is 3. The summed E-state index contributed by atoms with van der Waals surface area (Å²) < 4.78 is 17.0. The molecule has 1 unspecified atom stereocenters. The maximum atomic E-state index is 13.0. The van der Waals surface area contributed by atoms with E-state index in [1.54, 1.807) is 0 Å². The zero-order chi connectivity index (χ0) is 59.9. The quantitative estimate of drug-likeness (QED) is 0.0261. The first-order valence-electron chi connectivity index (χ1n) is 35.0. The summed E-state index contributed by atoms with van der Waals surface area (Å²) in [6.45, 7) is 6.41. The minimum absolute atomic E-state index is 0.0886. The van der Waals surface area contributed by atoms with Crippen molar-refractivity contribution in [2.75, 3.05) is 13.2 Å². The summed E-state index contributed by atoms with van der Waals surface area (Å²) in [5, 5.41) is 0. The van der Waals surface area contributed by atoms with E-state index in [2.05, 4.69) is 142 Å². The molecule has 0 spiro atoms. The summed E-state index contributed by atoms with van der Waals surface area (Å²) in [6.07, 6.45) is 97.9. The molecule has 0 bridgehead atoms. The molecule has 474 valence electrons. The van der Waals surface area contributed by atoms with Crippen LogP contribution in [0.1, 0.15) is 329 Å². The number of unbranched alkanes of at least 4 members (excludes halogenated alkanes) is 32. The fourth-order valence-electron chi connectivity index (χ4n) is 9.75. The van der Waals surface area contributed by atoms with Gasteiger partial charge in [0.25, 0.3) is 0 Å².